The number of halogens is 1. The van der Waals surface area contributed by atoms with Crippen LogP contribution in [0.2, 0.25) is 0 Å². The lowest BCUT2D eigenvalue weighted by molar-refractivity contribution is -0.115. The van der Waals surface area contributed by atoms with E-state index in [0.29, 0.717) is 42.6 Å². The first kappa shape index (κ1) is 16.0. The number of amides is 3. The number of nitrogens with one attached hydrogen (secondary N) is 3. The SMILES string of the molecule is O=C1NC(=O)/C(=C/c2cnn3c(NC4CC4)cc(N4CCC(F)C4)nc23)N1. The van der Waals surface area contributed by atoms with E-state index in [1.807, 2.05) is 11.0 Å². The Labute approximate surface area is 153 Å². The minimum Gasteiger partial charge on any atom is -0.367 e. The Morgan fingerprint density at radius 1 is 1.26 bits per heavy atom. The molecule has 1 unspecified atom stereocenters. The van der Waals surface area contributed by atoms with Crippen LogP contribution in [0.25, 0.3) is 11.7 Å². The number of alkyl halides is 1. The maximum Gasteiger partial charge on any atom is 0.326 e. The first-order valence-corrected chi connectivity index (χ1v) is 8.95. The van der Waals surface area contributed by atoms with Gasteiger partial charge in [-0.2, -0.15) is 9.61 Å². The zero-order valence-electron chi connectivity index (χ0n) is 14.4. The van der Waals surface area contributed by atoms with Crippen LogP contribution < -0.4 is 20.9 Å². The van der Waals surface area contributed by atoms with Gasteiger partial charge in [0, 0.05) is 24.2 Å². The van der Waals surface area contributed by atoms with Gasteiger partial charge < -0.3 is 15.5 Å². The van der Waals surface area contributed by atoms with Crippen LogP contribution in [0.1, 0.15) is 24.8 Å². The molecule has 3 amide bonds. The molecule has 4 heterocycles. The molecule has 2 aliphatic heterocycles. The van der Waals surface area contributed by atoms with Crippen molar-refractivity contribution in [2.75, 3.05) is 23.3 Å². The molecule has 0 spiro atoms. The molecule has 0 bridgehead atoms. The summed E-state index contributed by atoms with van der Waals surface area (Å²) in [7, 11) is 0. The summed E-state index contributed by atoms with van der Waals surface area (Å²) < 4.78 is 15.3. The molecular weight excluding hydrogens is 353 g/mol. The number of carbonyl (C=O) groups excluding carboxylic acids is 2. The van der Waals surface area contributed by atoms with Crippen LogP contribution in [0.4, 0.5) is 20.8 Å². The summed E-state index contributed by atoms with van der Waals surface area (Å²) in [4.78, 5) is 29.7. The molecule has 0 aromatic carbocycles. The second kappa shape index (κ2) is 5.93. The molecule has 2 aromatic heterocycles. The van der Waals surface area contributed by atoms with Gasteiger partial charge in [0.2, 0.25) is 0 Å². The van der Waals surface area contributed by atoms with Crippen LogP contribution in [-0.2, 0) is 4.79 Å². The van der Waals surface area contributed by atoms with E-state index in [0.717, 1.165) is 18.7 Å². The van der Waals surface area contributed by atoms with E-state index in [9.17, 15) is 14.0 Å². The summed E-state index contributed by atoms with van der Waals surface area (Å²) in [6, 6.07) is 1.73. The molecule has 140 valence electrons. The zero-order valence-corrected chi connectivity index (χ0v) is 14.4. The van der Waals surface area contributed by atoms with E-state index < -0.39 is 18.1 Å². The molecule has 1 aliphatic carbocycles. The summed E-state index contributed by atoms with van der Waals surface area (Å²) in [5, 5.41) is 12.4. The molecule has 3 fully saturated rings. The van der Waals surface area contributed by atoms with Gasteiger partial charge in [-0.25, -0.2) is 14.2 Å². The lowest BCUT2D eigenvalue weighted by atomic mass is 10.2. The van der Waals surface area contributed by atoms with Crippen molar-refractivity contribution in [3.8, 4) is 0 Å². The average molecular weight is 371 g/mol. The van der Waals surface area contributed by atoms with E-state index in [4.69, 9.17) is 0 Å². The summed E-state index contributed by atoms with van der Waals surface area (Å²) in [5.41, 5.74) is 1.28. The maximum atomic E-state index is 13.7. The first-order valence-electron chi connectivity index (χ1n) is 8.95. The van der Waals surface area contributed by atoms with Gasteiger partial charge in [-0.1, -0.05) is 0 Å². The molecule has 9 nitrogen and oxygen atoms in total. The molecule has 1 atom stereocenters. The lowest BCUT2D eigenvalue weighted by Crippen LogP contribution is -2.22. The number of aromatic nitrogens is 3. The van der Waals surface area contributed by atoms with E-state index in [1.165, 1.54) is 0 Å². The van der Waals surface area contributed by atoms with Crippen LogP contribution >= 0.6 is 0 Å². The van der Waals surface area contributed by atoms with Gasteiger partial charge in [-0.3, -0.25) is 10.1 Å². The summed E-state index contributed by atoms with van der Waals surface area (Å²) >= 11 is 0. The van der Waals surface area contributed by atoms with Crippen molar-refractivity contribution in [3.63, 3.8) is 0 Å². The predicted octanol–water partition coefficient (Wildman–Crippen LogP) is 1.03. The van der Waals surface area contributed by atoms with Crippen molar-refractivity contribution >= 4 is 35.3 Å². The third-order valence-electron chi connectivity index (χ3n) is 4.89. The summed E-state index contributed by atoms with van der Waals surface area (Å²) in [6.45, 7) is 0.922. The highest BCUT2D eigenvalue weighted by molar-refractivity contribution is 6.14. The van der Waals surface area contributed by atoms with Gasteiger partial charge in [-0.15, -0.1) is 0 Å². The van der Waals surface area contributed by atoms with Crippen molar-refractivity contribution in [1.82, 2.24) is 25.2 Å². The Kier molecular flexibility index (Phi) is 3.52. The highest BCUT2D eigenvalue weighted by Crippen LogP contribution is 2.30. The van der Waals surface area contributed by atoms with Crippen LogP contribution in [0, 0.1) is 0 Å². The number of fused-ring (bicyclic) bond motifs is 1. The molecule has 27 heavy (non-hydrogen) atoms. The van der Waals surface area contributed by atoms with Crippen molar-refractivity contribution in [3.05, 3.63) is 23.5 Å². The van der Waals surface area contributed by atoms with E-state index in [1.54, 1.807) is 16.8 Å². The summed E-state index contributed by atoms with van der Waals surface area (Å²) in [6.07, 6.45) is 4.96. The monoisotopic (exact) mass is 371 g/mol. The van der Waals surface area contributed by atoms with Crippen molar-refractivity contribution in [2.45, 2.75) is 31.5 Å². The van der Waals surface area contributed by atoms with Crippen LogP contribution in [-0.4, -0.2) is 51.8 Å². The zero-order chi connectivity index (χ0) is 18.5. The third kappa shape index (κ3) is 2.96. The number of urea groups is 1. The Morgan fingerprint density at radius 3 is 2.78 bits per heavy atom. The second-order valence-electron chi connectivity index (χ2n) is 7.05. The van der Waals surface area contributed by atoms with E-state index >= 15 is 0 Å². The number of rotatable bonds is 4. The van der Waals surface area contributed by atoms with Gasteiger partial charge in [0.05, 0.1) is 12.7 Å². The molecule has 5 rings (SSSR count). The topological polar surface area (TPSA) is 104 Å². The Morgan fingerprint density at radius 2 is 2.11 bits per heavy atom. The largest absolute Gasteiger partial charge is 0.367 e. The van der Waals surface area contributed by atoms with Crippen molar-refractivity contribution in [1.29, 1.82) is 0 Å². The van der Waals surface area contributed by atoms with Crippen molar-refractivity contribution < 1.29 is 14.0 Å². The highest BCUT2D eigenvalue weighted by Gasteiger charge is 2.27. The average Bonchev–Trinajstić information content (AvgIpc) is 3.04. The van der Waals surface area contributed by atoms with E-state index in [2.05, 4.69) is 26.0 Å². The van der Waals surface area contributed by atoms with Gasteiger partial charge in [0.25, 0.3) is 5.91 Å². The predicted molar refractivity (Wildman–Crippen MR) is 96.0 cm³/mol. The first-order chi connectivity index (χ1) is 13.1. The minimum atomic E-state index is -0.855. The standard InChI is InChI=1S/C17H18FN7O2/c18-10-3-4-24(8-10)13-6-14(20-11-1-2-11)25-15(22-13)9(7-19-25)5-12-16(26)23-17(27)21-12/h5-7,10-11,20H,1-4,8H2,(H2,21,23,26,27)/b12-5-. The fourth-order valence-electron chi connectivity index (χ4n) is 3.33. The van der Waals surface area contributed by atoms with Crippen LogP contribution in [0.5, 0.6) is 0 Å². The molecular formula is C17H18FN7O2. The molecule has 0 radical (unpaired) electrons. The number of imide groups is 1. The Hall–Kier alpha value is -3.17. The minimum absolute atomic E-state index is 0.142. The third-order valence-corrected chi connectivity index (χ3v) is 4.89. The number of anilines is 2. The quantitative estimate of drug-likeness (QED) is 0.548. The highest BCUT2D eigenvalue weighted by atomic mass is 19.1. The van der Waals surface area contributed by atoms with Gasteiger partial charge in [0.15, 0.2) is 5.65 Å². The smallest absolute Gasteiger partial charge is 0.326 e. The molecule has 2 aromatic rings. The number of hydrogen-bond donors (Lipinski definition) is 3. The summed E-state index contributed by atoms with van der Waals surface area (Å²) in [5.74, 6) is 0.960. The molecule has 1 saturated carbocycles. The van der Waals surface area contributed by atoms with Crippen LogP contribution in [0.3, 0.4) is 0 Å². The van der Waals surface area contributed by atoms with Gasteiger partial charge >= 0.3 is 6.03 Å². The second-order valence-corrected chi connectivity index (χ2v) is 7.05. The molecule has 3 N–H and O–H groups in total. The Balaban J connectivity index is 1.59. The van der Waals surface area contributed by atoms with Crippen molar-refractivity contribution in [2.24, 2.45) is 0 Å². The number of carbonyl (C=O) groups is 2. The molecule has 3 aliphatic rings. The van der Waals surface area contributed by atoms with E-state index in [-0.39, 0.29) is 5.70 Å². The maximum absolute atomic E-state index is 13.7. The Bertz CT molecular complexity index is 981. The number of hydrogen-bond acceptors (Lipinski definition) is 6. The van der Waals surface area contributed by atoms with Gasteiger partial charge in [-0.05, 0) is 25.3 Å². The molecule has 2 saturated heterocycles. The van der Waals surface area contributed by atoms with Gasteiger partial charge in [0.1, 0.15) is 23.5 Å². The fourth-order valence-corrected chi connectivity index (χ4v) is 3.33. The normalized spacial score (nSPS) is 24.0. The lowest BCUT2D eigenvalue weighted by Gasteiger charge is -2.18. The fraction of sp³-hybridized carbons (Fsp3) is 0.412. The van der Waals surface area contributed by atoms with Crippen LogP contribution in [0.15, 0.2) is 18.0 Å². The molecule has 10 heteroatoms. The number of nitrogens with zero attached hydrogens (tertiary/aromatic N) is 4.